The molecule has 0 amide bonds. The lowest BCUT2D eigenvalue weighted by Gasteiger charge is -2.51. The molecule has 0 saturated heterocycles. The Hall–Kier alpha value is 0.0306. The minimum atomic E-state index is -2.29. The van der Waals surface area contributed by atoms with Gasteiger partial charge in [0.25, 0.3) is 0 Å². The second-order valence-electron chi connectivity index (χ2n) is 17.3. The van der Waals surface area contributed by atoms with Crippen LogP contribution in [-0.4, -0.2) is 60.6 Å². The highest BCUT2D eigenvalue weighted by Gasteiger charge is 2.54. The van der Waals surface area contributed by atoms with Gasteiger partial charge in [-0.1, -0.05) is 104 Å². The second-order valence-corrected chi connectivity index (χ2v) is 32.9. The van der Waals surface area contributed by atoms with Crippen LogP contribution in [0.25, 0.3) is 0 Å². The van der Waals surface area contributed by atoms with Crippen LogP contribution in [0.2, 0.25) is 51.4 Å². The third-order valence-corrected chi connectivity index (χ3v) is 28.3. The fourth-order valence-corrected chi connectivity index (χ4v) is 20.7. The van der Waals surface area contributed by atoms with E-state index in [0.717, 1.165) is 25.7 Å². The summed E-state index contributed by atoms with van der Waals surface area (Å²) in [6.45, 7) is 40.1. The molecule has 1 heterocycles. The molecule has 5 nitrogen and oxygen atoms in total. The molecule has 43 heavy (non-hydrogen) atoms. The van der Waals surface area contributed by atoms with E-state index >= 15 is 0 Å². The van der Waals surface area contributed by atoms with Crippen LogP contribution in [-0.2, 0) is 18.0 Å². The predicted octanol–water partition coefficient (Wildman–Crippen LogP) is 10.7. The fourth-order valence-electron chi connectivity index (χ4n) is 8.46. The lowest BCUT2D eigenvalue weighted by Crippen LogP contribution is -2.60. The van der Waals surface area contributed by atoms with Gasteiger partial charge in [-0.25, -0.2) is 0 Å². The summed E-state index contributed by atoms with van der Waals surface area (Å²) < 4.78 is 29.2. The molecule has 0 aromatic carbocycles. The van der Waals surface area contributed by atoms with Gasteiger partial charge in [0, 0.05) is 0 Å². The zero-order valence-corrected chi connectivity index (χ0v) is 34.4. The molecular formula is C35H72O5Si3. The Labute approximate surface area is 270 Å². The zero-order chi connectivity index (χ0) is 33.3. The Balaban J connectivity index is 2.76. The van der Waals surface area contributed by atoms with Crippen molar-refractivity contribution in [3.63, 3.8) is 0 Å². The highest BCUT2D eigenvalue weighted by molar-refractivity contribution is 6.78. The molecule has 2 rings (SSSR count). The molecule has 0 aromatic rings. The van der Waals surface area contributed by atoms with E-state index < -0.39 is 30.6 Å². The second kappa shape index (κ2) is 14.4. The molecule has 1 aliphatic carbocycles. The van der Waals surface area contributed by atoms with Crippen molar-refractivity contribution < 1.29 is 23.1 Å². The summed E-state index contributed by atoms with van der Waals surface area (Å²) in [5, 5.41) is 11.9. The van der Waals surface area contributed by atoms with Crippen LogP contribution in [0.5, 0.6) is 0 Å². The summed E-state index contributed by atoms with van der Waals surface area (Å²) in [6, 6.07) is 0. The van der Waals surface area contributed by atoms with Gasteiger partial charge in [0.2, 0.25) is 16.6 Å². The maximum atomic E-state index is 11.9. The van der Waals surface area contributed by atoms with Crippen molar-refractivity contribution in [2.45, 2.75) is 205 Å². The number of hydrogen-bond acceptors (Lipinski definition) is 5. The van der Waals surface area contributed by atoms with Crippen molar-refractivity contribution >= 4 is 25.0 Å². The van der Waals surface area contributed by atoms with E-state index in [1.165, 1.54) is 0 Å². The Bertz CT molecular complexity index is 869. The van der Waals surface area contributed by atoms with Crippen LogP contribution < -0.4 is 0 Å². The van der Waals surface area contributed by atoms with E-state index in [0.29, 0.717) is 45.6 Å². The maximum absolute atomic E-state index is 11.9. The standard InChI is InChI=1S/C35H72O5Si3/c1-24(2)42(25(3)4,26(5)6)37-23-31-33(40-41(16,17)34(13,14)15)30(22-32(38-31)35(36)20-18-19-21-35)39-43(27(7)8,28(9)10)29(11)12/h22,24-31,33,36H,18-21,23H2,1-17H3/t30-,31-,33-/m1/s1. The summed E-state index contributed by atoms with van der Waals surface area (Å²) in [6.07, 6.45) is 4.71. The van der Waals surface area contributed by atoms with Gasteiger partial charge in [0.1, 0.15) is 23.6 Å². The topological polar surface area (TPSA) is 57.2 Å². The molecule has 0 bridgehead atoms. The monoisotopic (exact) mass is 656 g/mol. The Kier molecular flexibility index (Phi) is 13.2. The molecule has 1 aliphatic heterocycles. The average molecular weight is 657 g/mol. The van der Waals surface area contributed by atoms with E-state index in [4.69, 9.17) is 18.0 Å². The van der Waals surface area contributed by atoms with E-state index in [1.807, 2.05) is 0 Å². The van der Waals surface area contributed by atoms with Gasteiger partial charge in [-0.3, -0.25) is 0 Å². The molecular weight excluding hydrogens is 585 g/mol. The van der Waals surface area contributed by atoms with Gasteiger partial charge in [-0.05, 0) is 83.1 Å². The Morgan fingerprint density at radius 2 is 1.19 bits per heavy atom. The molecule has 0 aromatic heterocycles. The van der Waals surface area contributed by atoms with Crippen molar-refractivity contribution in [3.05, 3.63) is 11.8 Å². The fraction of sp³-hybridized carbons (Fsp3) is 0.943. The van der Waals surface area contributed by atoms with Gasteiger partial charge in [0.05, 0.1) is 12.7 Å². The molecule has 1 saturated carbocycles. The molecule has 1 N–H and O–H groups in total. The minimum absolute atomic E-state index is 0.0333. The Morgan fingerprint density at radius 1 is 0.767 bits per heavy atom. The normalized spacial score (nSPS) is 24.2. The molecule has 254 valence electrons. The molecule has 0 radical (unpaired) electrons. The lowest BCUT2D eigenvalue weighted by atomic mass is 9.94. The third kappa shape index (κ3) is 7.95. The van der Waals surface area contributed by atoms with Crippen molar-refractivity contribution in [1.82, 2.24) is 0 Å². The summed E-state index contributed by atoms with van der Waals surface area (Å²) in [5.74, 6) is 0.698. The first kappa shape index (κ1) is 39.2. The van der Waals surface area contributed by atoms with E-state index in [-0.39, 0.29) is 23.4 Å². The van der Waals surface area contributed by atoms with Crippen LogP contribution in [0, 0.1) is 0 Å². The SMILES string of the molecule is CC(C)[Si](OC[C@H]1OC(C2(O)CCCC2)=C[C@@H](O[Si](C(C)C)(C(C)C)C(C)C)[C@H]1O[Si](C)(C)C(C)(C)C)(C(C)C)C(C)C. The molecule has 2 aliphatic rings. The van der Waals surface area contributed by atoms with Gasteiger partial charge >= 0.3 is 0 Å². The number of rotatable bonds is 14. The van der Waals surface area contributed by atoms with Crippen LogP contribution in [0.4, 0.5) is 0 Å². The predicted molar refractivity (Wildman–Crippen MR) is 191 cm³/mol. The first-order valence-electron chi connectivity index (χ1n) is 17.6. The lowest BCUT2D eigenvalue weighted by molar-refractivity contribution is -0.108. The van der Waals surface area contributed by atoms with Crippen LogP contribution >= 0.6 is 0 Å². The van der Waals surface area contributed by atoms with Crippen LogP contribution in [0.3, 0.4) is 0 Å². The number of aliphatic hydroxyl groups is 1. The average Bonchev–Trinajstić information content (AvgIpc) is 3.29. The number of hydrogen-bond donors (Lipinski definition) is 1. The first-order chi connectivity index (χ1) is 19.5. The van der Waals surface area contributed by atoms with Crippen molar-refractivity contribution in [1.29, 1.82) is 0 Å². The zero-order valence-electron chi connectivity index (χ0n) is 31.4. The summed E-state index contributed by atoms with van der Waals surface area (Å²) in [5.41, 5.74) is 1.79. The van der Waals surface area contributed by atoms with Crippen molar-refractivity contribution in [3.8, 4) is 0 Å². The quantitative estimate of drug-likeness (QED) is 0.189. The summed E-state index contributed by atoms with van der Waals surface area (Å²) in [4.78, 5) is 0. The summed E-state index contributed by atoms with van der Waals surface area (Å²) >= 11 is 0. The molecule has 8 heteroatoms. The first-order valence-corrected chi connectivity index (χ1v) is 24.8. The van der Waals surface area contributed by atoms with Crippen molar-refractivity contribution in [2.75, 3.05) is 6.61 Å². The molecule has 0 spiro atoms. The van der Waals surface area contributed by atoms with Gasteiger partial charge in [-0.2, -0.15) is 0 Å². The van der Waals surface area contributed by atoms with Crippen LogP contribution in [0.1, 0.15) is 130 Å². The highest BCUT2D eigenvalue weighted by Crippen LogP contribution is 2.48. The van der Waals surface area contributed by atoms with E-state index in [2.05, 4.69) is 123 Å². The summed E-state index contributed by atoms with van der Waals surface area (Å²) in [7, 11) is -6.69. The van der Waals surface area contributed by atoms with Crippen molar-refractivity contribution in [2.24, 2.45) is 0 Å². The van der Waals surface area contributed by atoms with Gasteiger partial charge in [-0.15, -0.1) is 0 Å². The maximum Gasteiger partial charge on any atom is 0.201 e. The number of ether oxygens (including phenoxy) is 1. The Morgan fingerprint density at radius 3 is 1.56 bits per heavy atom. The van der Waals surface area contributed by atoms with Crippen LogP contribution in [0.15, 0.2) is 11.8 Å². The highest BCUT2D eigenvalue weighted by atomic mass is 28.4. The van der Waals surface area contributed by atoms with E-state index in [1.54, 1.807) is 0 Å². The van der Waals surface area contributed by atoms with Gasteiger partial charge in [0.15, 0.2) is 8.32 Å². The van der Waals surface area contributed by atoms with E-state index in [9.17, 15) is 5.11 Å². The molecule has 3 atom stereocenters. The third-order valence-electron chi connectivity index (χ3n) is 11.7. The molecule has 0 unspecified atom stereocenters. The van der Waals surface area contributed by atoms with Gasteiger partial charge < -0.3 is 23.1 Å². The molecule has 1 fully saturated rings. The minimum Gasteiger partial charge on any atom is -0.487 e. The smallest absolute Gasteiger partial charge is 0.201 e. The largest absolute Gasteiger partial charge is 0.487 e.